The maximum absolute atomic E-state index is 11.8. The number of aliphatic hydroxyl groups is 1. The summed E-state index contributed by atoms with van der Waals surface area (Å²) in [6.45, 7) is -0.365. The zero-order chi connectivity index (χ0) is 18.4. The van der Waals surface area contributed by atoms with Crippen molar-refractivity contribution in [1.29, 1.82) is 0 Å². The first-order chi connectivity index (χ1) is 11.9. The SMILES string of the molecule is O=C(COc1cc(Cl)ccc1Cl)NC[C@H](O)c1ccc([N+](=O)[O-])cc1. The van der Waals surface area contributed by atoms with Gasteiger partial charge in [0.25, 0.3) is 11.6 Å². The molecule has 0 aliphatic carbocycles. The molecule has 0 radical (unpaired) electrons. The van der Waals surface area contributed by atoms with E-state index < -0.39 is 16.9 Å². The predicted octanol–water partition coefficient (Wildman–Crippen LogP) is 3.13. The molecule has 0 aromatic heterocycles. The molecule has 0 bridgehead atoms. The summed E-state index contributed by atoms with van der Waals surface area (Å²) < 4.78 is 5.27. The van der Waals surface area contributed by atoms with Crippen LogP contribution in [0.3, 0.4) is 0 Å². The number of non-ortho nitro benzene ring substituents is 1. The van der Waals surface area contributed by atoms with Gasteiger partial charge in [-0.3, -0.25) is 14.9 Å². The number of carbonyl (C=O) groups is 1. The quantitative estimate of drug-likeness (QED) is 0.563. The molecule has 0 aliphatic rings. The number of hydrogen-bond acceptors (Lipinski definition) is 5. The molecule has 2 aromatic rings. The van der Waals surface area contributed by atoms with Crippen LogP contribution in [0.4, 0.5) is 5.69 Å². The molecule has 0 fully saturated rings. The highest BCUT2D eigenvalue weighted by molar-refractivity contribution is 6.34. The molecule has 132 valence electrons. The third-order valence-electron chi connectivity index (χ3n) is 3.23. The van der Waals surface area contributed by atoms with E-state index in [2.05, 4.69) is 5.32 Å². The number of nitro benzene ring substituents is 1. The first-order valence-corrected chi connectivity index (χ1v) is 7.89. The van der Waals surface area contributed by atoms with E-state index in [4.69, 9.17) is 27.9 Å². The predicted molar refractivity (Wildman–Crippen MR) is 93.0 cm³/mol. The van der Waals surface area contributed by atoms with Gasteiger partial charge in [-0.1, -0.05) is 23.2 Å². The van der Waals surface area contributed by atoms with Crippen molar-refractivity contribution < 1.29 is 19.6 Å². The normalized spacial score (nSPS) is 11.6. The van der Waals surface area contributed by atoms with Gasteiger partial charge in [0, 0.05) is 29.8 Å². The molecule has 2 rings (SSSR count). The van der Waals surface area contributed by atoms with Gasteiger partial charge in [0.2, 0.25) is 0 Å². The lowest BCUT2D eigenvalue weighted by Gasteiger charge is -2.13. The van der Waals surface area contributed by atoms with Crippen LogP contribution in [0.25, 0.3) is 0 Å². The Morgan fingerprint density at radius 2 is 1.92 bits per heavy atom. The summed E-state index contributed by atoms with van der Waals surface area (Å²) in [6, 6.07) is 10.1. The highest BCUT2D eigenvalue weighted by atomic mass is 35.5. The zero-order valence-electron chi connectivity index (χ0n) is 12.8. The second-order valence-corrected chi connectivity index (χ2v) is 5.88. The molecule has 0 spiro atoms. The van der Waals surface area contributed by atoms with Crippen molar-refractivity contribution >= 4 is 34.8 Å². The summed E-state index contributed by atoms with van der Waals surface area (Å²) in [5.74, 6) is -0.183. The molecule has 2 aromatic carbocycles. The van der Waals surface area contributed by atoms with Gasteiger partial charge in [-0.05, 0) is 29.8 Å². The third-order valence-corrected chi connectivity index (χ3v) is 3.78. The fourth-order valence-corrected chi connectivity index (χ4v) is 2.26. The highest BCUT2D eigenvalue weighted by Gasteiger charge is 2.12. The summed E-state index contributed by atoms with van der Waals surface area (Å²) in [4.78, 5) is 21.8. The van der Waals surface area contributed by atoms with Crippen molar-refractivity contribution in [3.63, 3.8) is 0 Å². The summed E-state index contributed by atoms with van der Waals surface area (Å²) in [5.41, 5.74) is 0.372. The number of nitro groups is 1. The minimum absolute atomic E-state index is 0.0662. The number of ether oxygens (including phenoxy) is 1. The monoisotopic (exact) mass is 384 g/mol. The fraction of sp³-hybridized carbons (Fsp3) is 0.188. The standard InChI is InChI=1S/C16H14Cl2N2O5/c17-11-3-6-13(18)15(7-11)25-9-16(22)19-8-14(21)10-1-4-12(5-2-10)20(23)24/h1-7,14,21H,8-9H2,(H,19,22)/t14-/m0/s1. The summed E-state index contributed by atoms with van der Waals surface area (Å²) >= 11 is 11.7. The van der Waals surface area contributed by atoms with E-state index in [1.165, 1.54) is 30.3 Å². The lowest BCUT2D eigenvalue weighted by atomic mass is 10.1. The molecule has 0 aliphatic heterocycles. The van der Waals surface area contributed by atoms with E-state index >= 15 is 0 Å². The lowest BCUT2D eigenvalue weighted by molar-refractivity contribution is -0.384. The molecule has 25 heavy (non-hydrogen) atoms. The molecular weight excluding hydrogens is 371 g/mol. The Balaban J connectivity index is 1.82. The van der Waals surface area contributed by atoms with E-state index in [9.17, 15) is 20.0 Å². The van der Waals surface area contributed by atoms with Gasteiger partial charge in [-0.2, -0.15) is 0 Å². The molecule has 1 amide bonds. The molecule has 0 saturated heterocycles. The topological polar surface area (TPSA) is 102 Å². The van der Waals surface area contributed by atoms with Crippen molar-refractivity contribution in [1.82, 2.24) is 5.32 Å². The largest absolute Gasteiger partial charge is 0.482 e. The van der Waals surface area contributed by atoms with Gasteiger partial charge in [-0.15, -0.1) is 0 Å². The molecule has 9 heteroatoms. The second kappa shape index (κ2) is 8.66. The number of nitrogens with zero attached hydrogens (tertiary/aromatic N) is 1. The fourth-order valence-electron chi connectivity index (χ4n) is 1.93. The van der Waals surface area contributed by atoms with Crippen LogP contribution in [0.15, 0.2) is 42.5 Å². The van der Waals surface area contributed by atoms with Gasteiger partial charge < -0.3 is 15.2 Å². The third kappa shape index (κ3) is 5.60. The summed E-state index contributed by atoms with van der Waals surface area (Å²) in [6.07, 6.45) is -1.00. The number of hydrogen-bond donors (Lipinski definition) is 2. The number of nitrogens with one attached hydrogen (secondary N) is 1. The molecule has 0 unspecified atom stereocenters. The minimum atomic E-state index is -1.00. The van der Waals surface area contributed by atoms with Gasteiger partial charge in [-0.25, -0.2) is 0 Å². The maximum atomic E-state index is 11.8. The lowest BCUT2D eigenvalue weighted by Crippen LogP contribution is -2.32. The summed E-state index contributed by atoms with van der Waals surface area (Å²) in [5, 5.41) is 23.8. The van der Waals surface area contributed by atoms with Crippen LogP contribution in [0, 0.1) is 10.1 Å². The molecule has 2 N–H and O–H groups in total. The number of benzene rings is 2. The maximum Gasteiger partial charge on any atom is 0.269 e. The van der Waals surface area contributed by atoms with Gasteiger partial charge in [0.05, 0.1) is 16.0 Å². The first kappa shape index (κ1) is 19.0. The molecule has 7 nitrogen and oxygen atoms in total. The van der Waals surface area contributed by atoms with Gasteiger partial charge >= 0.3 is 0 Å². The Hall–Kier alpha value is -2.35. The average molecular weight is 385 g/mol. The second-order valence-electron chi connectivity index (χ2n) is 5.03. The first-order valence-electron chi connectivity index (χ1n) is 7.14. The van der Waals surface area contributed by atoms with E-state index in [0.717, 1.165) is 0 Å². The van der Waals surface area contributed by atoms with Crippen LogP contribution in [0.1, 0.15) is 11.7 Å². The molecule has 0 saturated carbocycles. The molecular formula is C16H14Cl2N2O5. The number of carbonyl (C=O) groups excluding carboxylic acids is 1. The zero-order valence-corrected chi connectivity index (χ0v) is 14.3. The van der Waals surface area contributed by atoms with E-state index in [-0.39, 0.29) is 24.6 Å². The Labute approximate surface area is 153 Å². The Morgan fingerprint density at radius 1 is 1.24 bits per heavy atom. The van der Waals surface area contributed by atoms with Crippen LogP contribution >= 0.6 is 23.2 Å². The summed E-state index contributed by atoms with van der Waals surface area (Å²) in [7, 11) is 0. The Morgan fingerprint density at radius 3 is 2.56 bits per heavy atom. The van der Waals surface area contributed by atoms with Crippen LogP contribution < -0.4 is 10.1 Å². The molecule has 0 heterocycles. The average Bonchev–Trinajstić information content (AvgIpc) is 2.60. The van der Waals surface area contributed by atoms with Crippen molar-refractivity contribution in [2.75, 3.05) is 13.2 Å². The Bertz CT molecular complexity index is 768. The van der Waals surface area contributed by atoms with E-state index in [0.29, 0.717) is 15.6 Å². The van der Waals surface area contributed by atoms with Crippen LogP contribution in [0.5, 0.6) is 5.75 Å². The van der Waals surface area contributed by atoms with Crippen molar-refractivity contribution in [3.8, 4) is 5.75 Å². The van der Waals surface area contributed by atoms with E-state index in [1.807, 2.05) is 0 Å². The number of halogens is 2. The Kier molecular flexibility index (Phi) is 6.58. The van der Waals surface area contributed by atoms with Crippen LogP contribution in [0.2, 0.25) is 10.0 Å². The highest BCUT2D eigenvalue weighted by Crippen LogP contribution is 2.27. The number of aliphatic hydroxyl groups excluding tert-OH is 1. The number of amides is 1. The van der Waals surface area contributed by atoms with Crippen LogP contribution in [-0.2, 0) is 4.79 Å². The van der Waals surface area contributed by atoms with E-state index in [1.54, 1.807) is 12.1 Å². The smallest absolute Gasteiger partial charge is 0.269 e. The van der Waals surface area contributed by atoms with Crippen LogP contribution in [-0.4, -0.2) is 29.1 Å². The number of rotatable bonds is 7. The van der Waals surface area contributed by atoms with Gasteiger partial charge in [0.1, 0.15) is 5.75 Å². The van der Waals surface area contributed by atoms with Gasteiger partial charge in [0.15, 0.2) is 6.61 Å². The van der Waals surface area contributed by atoms with Crippen molar-refractivity contribution in [3.05, 3.63) is 68.2 Å². The molecule has 1 atom stereocenters. The van der Waals surface area contributed by atoms with Crippen molar-refractivity contribution in [2.45, 2.75) is 6.10 Å². The van der Waals surface area contributed by atoms with Crippen molar-refractivity contribution in [2.24, 2.45) is 0 Å². The minimum Gasteiger partial charge on any atom is -0.482 e.